The fourth-order valence-corrected chi connectivity index (χ4v) is 3.19. The van der Waals surface area contributed by atoms with Gasteiger partial charge in [0, 0.05) is 29.1 Å². The Bertz CT molecular complexity index is 306. The summed E-state index contributed by atoms with van der Waals surface area (Å²) >= 11 is 1.80. The highest BCUT2D eigenvalue weighted by Crippen LogP contribution is 2.42. The molecule has 0 radical (unpaired) electrons. The minimum Gasteiger partial charge on any atom is -0.317 e. The molecule has 1 aliphatic heterocycles. The number of nitrogens with one attached hydrogen (secondary N) is 2. The quantitative estimate of drug-likeness (QED) is 0.812. The summed E-state index contributed by atoms with van der Waals surface area (Å²) in [5.74, 6) is 0.757. The van der Waals surface area contributed by atoms with Gasteiger partial charge < -0.3 is 10.6 Å². The molecule has 2 heterocycles. The van der Waals surface area contributed by atoms with Crippen molar-refractivity contribution in [3.63, 3.8) is 0 Å². The molecule has 2 aliphatic rings. The van der Waals surface area contributed by atoms with Crippen LogP contribution in [-0.4, -0.2) is 30.2 Å². The lowest BCUT2D eigenvalue weighted by Gasteiger charge is -2.23. The lowest BCUT2D eigenvalue weighted by atomic mass is 10.1. The van der Waals surface area contributed by atoms with E-state index in [2.05, 4.69) is 15.6 Å². The Labute approximate surface area is 94.3 Å². The number of piperidine rings is 1. The summed E-state index contributed by atoms with van der Waals surface area (Å²) in [7, 11) is 0. The number of hydrogen-bond donors (Lipinski definition) is 2. The first-order valence-electron chi connectivity index (χ1n) is 5.78. The van der Waals surface area contributed by atoms with Crippen molar-refractivity contribution in [1.29, 1.82) is 0 Å². The molecule has 0 unspecified atom stereocenters. The normalized spacial score (nSPS) is 31.7. The van der Waals surface area contributed by atoms with E-state index < -0.39 is 0 Å². The van der Waals surface area contributed by atoms with Gasteiger partial charge in [0.25, 0.3) is 0 Å². The molecule has 0 spiro atoms. The van der Waals surface area contributed by atoms with Crippen molar-refractivity contribution in [2.45, 2.75) is 37.3 Å². The standard InChI is InChI=1S/C11H17N3S/c1-3-12-4-2-8(1)14-10-5-9(10)11-6-13-7-15-11/h6-10,12,14H,1-5H2/t9-,10-/m1/s1. The largest absolute Gasteiger partial charge is 0.317 e. The average molecular weight is 223 g/mol. The van der Waals surface area contributed by atoms with Crippen molar-refractivity contribution >= 4 is 11.3 Å². The number of rotatable bonds is 3. The van der Waals surface area contributed by atoms with Crippen LogP contribution in [0.3, 0.4) is 0 Å². The van der Waals surface area contributed by atoms with Gasteiger partial charge in [0.15, 0.2) is 0 Å². The molecule has 1 saturated carbocycles. The van der Waals surface area contributed by atoms with Crippen LogP contribution in [0.15, 0.2) is 11.7 Å². The highest BCUT2D eigenvalue weighted by molar-refractivity contribution is 7.09. The van der Waals surface area contributed by atoms with Crippen LogP contribution >= 0.6 is 11.3 Å². The van der Waals surface area contributed by atoms with Crippen molar-refractivity contribution < 1.29 is 0 Å². The van der Waals surface area contributed by atoms with Crippen LogP contribution < -0.4 is 10.6 Å². The van der Waals surface area contributed by atoms with Gasteiger partial charge >= 0.3 is 0 Å². The van der Waals surface area contributed by atoms with Crippen LogP contribution in [0.1, 0.15) is 30.1 Å². The highest BCUT2D eigenvalue weighted by atomic mass is 32.1. The maximum atomic E-state index is 4.15. The van der Waals surface area contributed by atoms with Crippen LogP contribution in [0.5, 0.6) is 0 Å². The molecule has 4 heteroatoms. The third-order valence-electron chi connectivity index (χ3n) is 3.40. The first-order valence-corrected chi connectivity index (χ1v) is 6.66. The van der Waals surface area contributed by atoms with Gasteiger partial charge in [-0.1, -0.05) is 0 Å². The van der Waals surface area contributed by atoms with Crippen molar-refractivity contribution in [3.8, 4) is 0 Å². The second-order valence-corrected chi connectivity index (χ2v) is 5.46. The van der Waals surface area contributed by atoms with E-state index in [1.807, 2.05) is 11.7 Å². The lowest BCUT2D eigenvalue weighted by Crippen LogP contribution is -2.41. The van der Waals surface area contributed by atoms with Gasteiger partial charge in [-0.2, -0.15) is 0 Å². The van der Waals surface area contributed by atoms with Gasteiger partial charge in [0.2, 0.25) is 0 Å². The molecule has 1 aromatic heterocycles. The Hall–Kier alpha value is -0.450. The Morgan fingerprint density at radius 3 is 3.00 bits per heavy atom. The average Bonchev–Trinajstić information content (AvgIpc) is 2.82. The summed E-state index contributed by atoms with van der Waals surface area (Å²) in [6, 6.07) is 1.47. The first-order chi connectivity index (χ1) is 7.43. The van der Waals surface area contributed by atoms with E-state index >= 15 is 0 Å². The van der Waals surface area contributed by atoms with E-state index in [1.54, 1.807) is 11.3 Å². The molecule has 82 valence electrons. The van der Waals surface area contributed by atoms with Crippen LogP contribution in [0, 0.1) is 0 Å². The molecule has 3 nitrogen and oxygen atoms in total. The third kappa shape index (κ3) is 2.22. The van der Waals surface area contributed by atoms with Gasteiger partial charge in [-0.25, -0.2) is 0 Å². The third-order valence-corrected chi connectivity index (χ3v) is 4.30. The molecule has 2 atom stereocenters. The topological polar surface area (TPSA) is 37.0 Å². The summed E-state index contributed by atoms with van der Waals surface area (Å²) < 4.78 is 0. The SMILES string of the molecule is c1ncc([C@@H]2C[C@H]2NC2CCNCC2)s1. The Morgan fingerprint density at radius 2 is 2.27 bits per heavy atom. The summed E-state index contributed by atoms with van der Waals surface area (Å²) in [6.45, 7) is 2.35. The zero-order valence-electron chi connectivity index (χ0n) is 8.78. The fraction of sp³-hybridized carbons (Fsp3) is 0.727. The Morgan fingerprint density at radius 1 is 1.40 bits per heavy atom. The van der Waals surface area contributed by atoms with E-state index in [-0.39, 0.29) is 0 Å². The van der Waals surface area contributed by atoms with Crippen LogP contribution in [0.4, 0.5) is 0 Å². The van der Waals surface area contributed by atoms with Crippen LogP contribution in [-0.2, 0) is 0 Å². The van der Waals surface area contributed by atoms with Gasteiger partial charge in [0.05, 0.1) is 5.51 Å². The van der Waals surface area contributed by atoms with Crippen molar-refractivity contribution in [2.75, 3.05) is 13.1 Å². The molecule has 2 N–H and O–H groups in total. The second kappa shape index (κ2) is 4.20. The van der Waals surface area contributed by atoms with E-state index in [0.29, 0.717) is 0 Å². The highest BCUT2D eigenvalue weighted by Gasteiger charge is 2.40. The molecular formula is C11H17N3S. The zero-order valence-corrected chi connectivity index (χ0v) is 9.59. The van der Waals surface area contributed by atoms with Crippen molar-refractivity contribution in [2.24, 2.45) is 0 Å². The predicted octanol–water partition coefficient (Wildman–Crippen LogP) is 1.34. The summed E-state index contributed by atoms with van der Waals surface area (Å²) in [5.41, 5.74) is 1.94. The summed E-state index contributed by atoms with van der Waals surface area (Å²) in [5, 5.41) is 7.17. The molecule has 15 heavy (non-hydrogen) atoms. The molecule has 0 bridgehead atoms. The van der Waals surface area contributed by atoms with Crippen LogP contribution in [0.25, 0.3) is 0 Å². The van der Waals surface area contributed by atoms with Crippen LogP contribution in [0.2, 0.25) is 0 Å². The van der Waals surface area contributed by atoms with Crippen molar-refractivity contribution in [3.05, 3.63) is 16.6 Å². The van der Waals surface area contributed by atoms with E-state index in [1.165, 1.54) is 37.2 Å². The number of hydrogen-bond acceptors (Lipinski definition) is 4. The lowest BCUT2D eigenvalue weighted by molar-refractivity contribution is 0.383. The van der Waals surface area contributed by atoms with Crippen molar-refractivity contribution in [1.82, 2.24) is 15.6 Å². The summed E-state index contributed by atoms with van der Waals surface area (Å²) in [6.07, 6.45) is 5.91. The van der Waals surface area contributed by atoms with Gasteiger partial charge in [-0.3, -0.25) is 4.98 Å². The first kappa shape index (κ1) is 9.75. The number of aromatic nitrogens is 1. The Balaban J connectivity index is 1.50. The second-order valence-electron chi connectivity index (χ2n) is 4.54. The van der Waals surface area contributed by atoms with E-state index in [4.69, 9.17) is 0 Å². The number of thiazole rings is 1. The van der Waals surface area contributed by atoms with Gasteiger partial charge in [0.1, 0.15) is 0 Å². The van der Waals surface area contributed by atoms with E-state index in [9.17, 15) is 0 Å². The fourth-order valence-electron chi connectivity index (χ4n) is 2.39. The maximum Gasteiger partial charge on any atom is 0.0794 e. The number of nitrogens with zero attached hydrogens (tertiary/aromatic N) is 1. The molecule has 0 aromatic carbocycles. The Kier molecular flexibility index (Phi) is 2.73. The predicted molar refractivity (Wildman–Crippen MR) is 62.3 cm³/mol. The van der Waals surface area contributed by atoms with E-state index in [0.717, 1.165) is 18.0 Å². The molecule has 0 amide bonds. The molecule has 2 fully saturated rings. The molecule has 3 rings (SSSR count). The summed E-state index contributed by atoms with van der Waals surface area (Å²) in [4.78, 5) is 5.61. The molecule has 1 aliphatic carbocycles. The smallest absolute Gasteiger partial charge is 0.0794 e. The van der Waals surface area contributed by atoms with Gasteiger partial charge in [-0.15, -0.1) is 11.3 Å². The minimum atomic E-state index is 0.730. The van der Waals surface area contributed by atoms with Gasteiger partial charge in [-0.05, 0) is 32.4 Å². The maximum absolute atomic E-state index is 4.15. The minimum absolute atomic E-state index is 0.730. The zero-order chi connectivity index (χ0) is 10.1. The monoisotopic (exact) mass is 223 g/mol. The molecular weight excluding hydrogens is 206 g/mol. The molecule has 1 aromatic rings. The molecule has 1 saturated heterocycles.